The average Bonchev–Trinajstić information content (AvgIpc) is 3.24. The Labute approximate surface area is 189 Å². The lowest BCUT2D eigenvalue weighted by molar-refractivity contribution is -0.144. The zero-order valence-electron chi connectivity index (χ0n) is 18.7. The lowest BCUT2D eigenvalue weighted by Gasteiger charge is -2.36. The molecule has 4 rings (SSSR count). The van der Waals surface area contributed by atoms with E-state index in [4.69, 9.17) is 4.74 Å². The number of anilines is 1. The summed E-state index contributed by atoms with van der Waals surface area (Å²) in [4.78, 5) is 24.5. The average molecular weight is 462 g/mol. The maximum Gasteiger partial charge on any atom is 0.453 e. The van der Waals surface area contributed by atoms with Crippen LogP contribution in [0, 0.1) is 13.8 Å². The van der Waals surface area contributed by atoms with Gasteiger partial charge in [-0.1, -0.05) is 0 Å². The third-order valence-electron chi connectivity index (χ3n) is 5.96. The van der Waals surface area contributed by atoms with Crippen LogP contribution in [0.25, 0.3) is 5.78 Å². The minimum atomic E-state index is -4.64. The third-order valence-corrected chi connectivity index (χ3v) is 5.96. The molecule has 176 valence electrons. The number of piperazine rings is 1. The van der Waals surface area contributed by atoms with Crippen molar-refractivity contribution in [2.45, 2.75) is 32.9 Å². The first-order valence-corrected chi connectivity index (χ1v) is 10.6. The van der Waals surface area contributed by atoms with Gasteiger partial charge in [0.2, 0.25) is 5.91 Å². The van der Waals surface area contributed by atoms with Crippen LogP contribution in [0.4, 0.5) is 18.9 Å². The van der Waals surface area contributed by atoms with Gasteiger partial charge in [0.15, 0.2) is 0 Å². The largest absolute Gasteiger partial charge is 0.497 e. The molecule has 1 aliphatic heterocycles. The van der Waals surface area contributed by atoms with E-state index in [9.17, 15) is 18.0 Å². The summed E-state index contributed by atoms with van der Waals surface area (Å²) >= 11 is 0. The summed E-state index contributed by atoms with van der Waals surface area (Å²) < 4.78 is 45.2. The Bertz CT molecular complexity index is 1150. The van der Waals surface area contributed by atoms with Crippen molar-refractivity contribution in [1.82, 2.24) is 24.5 Å². The van der Waals surface area contributed by atoms with Crippen molar-refractivity contribution < 1.29 is 22.7 Å². The van der Waals surface area contributed by atoms with Crippen LogP contribution in [0.1, 0.15) is 29.2 Å². The maximum atomic E-state index is 13.0. The van der Waals surface area contributed by atoms with Crippen molar-refractivity contribution in [3.8, 4) is 5.75 Å². The van der Waals surface area contributed by atoms with Crippen LogP contribution in [0.3, 0.4) is 0 Å². The van der Waals surface area contributed by atoms with Gasteiger partial charge in [-0.3, -0.25) is 4.79 Å². The number of hydrogen-bond donors (Lipinski definition) is 0. The highest BCUT2D eigenvalue weighted by molar-refractivity contribution is 5.77. The van der Waals surface area contributed by atoms with Gasteiger partial charge in [0.25, 0.3) is 11.6 Å². The van der Waals surface area contributed by atoms with Crippen LogP contribution < -0.4 is 9.64 Å². The van der Waals surface area contributed by atoms with Crippen molar-refractivity contribution in [3.63, 3.8) is 0 Å². The van der Waals surface area contributed by atoms with Gasteiger partial charge >= 0.3 is 6.18 Å². The van der Waals surface area contributed by atoms with Crippen molar-refractivity contribution in [2.75, 3.05) is 38.2 Å². The van der Waals surface area contributed by atoms with E-state index >= 15 is 0 Å². The molecule has 1 fully saturated rings. The number of amides is 1. The van der Waals surface area contributed by atoms with E-state index in [0.717, 1.165) is 29.0 Å². The lowest BCUT2D eigenvalue weighted by Crippen LogP contribution is -2.48. The third kappa shape index (κ3) is 4.71. The predicted octanol–water partition coefficient (Wildman–Crippen LogP) is 3.05. The van der Waals surface area contributed by atoms with Crippen LogP contribution in [-0.2, 0) is 17.4 Å². The molecule has 1 aromatic carbocycles. The summed E-state index contributed by atoms with van der Waals surface area (Å²) in [6, 6.07) is 7.82. The first-order valence-electron chi connectivity index (χ1n) is 10.6. The van der Waals surface area contributed by atoms with E-state index in [1.807, 2.05) is 29.2 Å². The van der Waals surface area contributed by atoms with E-state index in [1.165, 1.54) is 0 Å². The van der Waals surface area contributed by atoms with Gasteiger partial charge < -0.3 is 14.5 Å². The van der Waals surface area contributed by atoms with Crippen LogP contribution in [0.15, 0.2) is 24.3 Å². The number of aromatic nitrogens is 4. The zero-order valence-corrected chi connectivity index (χ0v) is 18.7. The van der Waals surface area contributed by atoms with Gasteiger partial charge in [0, 0.05) is 49.7 Å². The predicted molar refractivity (Wildman–Crippen MR) is 115 cm³/mol. The van der Waals surface area contributed by atoms with Crippen molar-refractivity contribution in [1.29, 1.82) is 0 Å². The Hall–Kier alpha value is -3.37. The summed E-state index contributed by atoms with van der Waals surface area (Å²) in [5.41, 5.74) is 2.86. The van der Waals surface area contributed by atoms with Crippen LogP contribution >= 0.6 is 0 Å². The number of benzene rings is 1. The topological polar surface area (TPSA) is 75.9 Å². The fourth-order valence-corrected chi connectivity index (χ4v) is 4.09. The van der Waals surface area contributed by atoms with Crippen LogP contribution in [0.5, 0.6) is 5.75 Å². The standard InChI is InChI=1S/C22H25F3N6O2/c1-14-18(15(2)31-21(26-14)27-20(28-31)22(23,24)25)8-9-19(32)30-12-10-29(11-13-30)16-4-6-17(33-3)7-5-16/h4-7H,8-13H2,1-3H3. The van der Waals surface area contributed by atoms with E-state index in [1.54, 1.807) is 21.0 Å². The van der Waals surface area contributed by atoms with Crippen molar-refractivity contribution in [3.05, 3.63) is 47.0 Å². The number of ether oxygens (including phenoxy) is 1. The normalized spacial score (nSPS) is 14.7. The van der Waals surface area contributed by atoms with Gasteiger partial charge in [-0.25, -0.2) is 9.50 Å². The molecule has 0 aliphatic carbocycles. The molecule has 3 heterocycles. The van der Waals surface area contributed by atoms with Gasteiger partial charge in [-0.15, -0.1) is 5.10 Å². The Morgan fingerprint density at radius 1 is 1.06 bits per heavy atom. The molecule has 0 bridgehead atoms. The fraction of sp³-hybridized carbons (Fsp3) is 0.455. The van der Waals surface area contributed by atoms with Crippen LogP contribution in [-0.4, -0.2) is 63.7 Å². The molecule has 0 radical (unpaired) electrons. The molecule has 8 nitrogen and oxygen atoms in total. The molecule has 1 aliphatic rings. The quantitative estimate of drug-likeness (QED) is 0.580. The number of carbonyl (C=O) groups is 1. The highest BCUT2D eigenvalue weighted by Crippen LogP contribution is 2.27. The number of aryl methyl sites for hydroxylation is 2. The highest BCUT2D eigenvalue weighted by Gasteiger charge is 2.37. The molecule has 0 spiro atoms. The number of fused-ring (bicyclic) bond motifs is 1. The summed E-state index contributed by atoms with van der Waals surface area (Å²) in [7, 11) is 1.63. The Morgan fingerprint density at radius 2 is 1.73 bits per heavy atom. The number of rotatable bonds is 5. The number of hydrogen-bond acceptors (Lipinski definition) is 6. The summed E-state index contributed by atoms with van der Waals surface area (Å²) in [5, 5.41) is 3.56. The second-order valence-corrected chi connectivity index (χ2v) is 7.97. The number of methoxy groups -OCH3 is 1. The van der Waals surface area contributed by atoms with E-state index in [0.29, 0.717) is 36.5 Å². The fourth-order valence-electron chi connectivity index (χ4n) is 4.09. The molecule has 3 aromatic rings. The Balaban J connectivity index is 1.38. The minimum absolute atomic E-state index is 0.0119. The molecule has 0 saturated carbocycles. The molecule has 0 N–H and O–H groups in total. The monoisotopic (exact) mass is 462 g/mol. The lowest BCUT2D eigenvalue weighted by atomic mass is 10.1. The first-order chi connectivity index (χ1) is 15.7. The van der Waals surface area contributed by atoms with E-state index < -0.39 is 12.0 Å². The summed E-state index contributed by atoms with van der Waals surface area (Å²) in [6.45, 7) is 6.05. The molecule has 0 unspecified atom stereocenters. The highest BCUT2D eigenvalue weighted by atomic mass is 19.4. The molecule has 33 heavy (non-hydrogen) atoms. The molecule has 11 heteroatoms. The Morgan fingerprint density at radius 3 is 2.33 bits per heavy atom. The van der Waals surface area contributed by atoms with Gasteiger partial charge in [0.1, 0.15) is 5.75 Å². The first kappa shape index (κ1) is 22.8. The molecule has 1 saturated heterocycles. The smallest absolute Gasteiger partial charge is 0.453 e. The molecule has 0 atom stereocenters. The van der Waals surface area contributed by atoms with Crippen LogP contribution in [0.2, 0.25) is 0 Å². The van der Waals surface area contributed by atoms with Gasteiger partial charge in [0.05, 0.1) is 7.11 Å². The number of nitrogens with zero attached hydrogens (tertiary/aromatic N) is 6. The van der Waals surface area contributed by atoms with Crippen molar-refractivity contribution >= 4 is 17.4 Å². The number of alkyl halides is 3. The Kier molecular flexibility index (Phi) is 6.13. The zero-order chi connectivity index (χ0) is 23.8. The number of halogens is 3. The molecular weight excluding hydrogens is 437 g/mol. The minimum Gasteiger partial charge on any atom is -0.497 e. The molecule has 2 aromatic heterocycles. The number of carbonyl (C=O) groups excluding carboxylic acids is 1. The summed E-state index contributed by atoms with van der Waals surface area (Å²) in [5.74, 6) is -0.508. The summed E-state index contributed by atoms with van der Waals surface area (Å²) in [6.07, 6.45) is -4.02. The molecular formula is C22H25F3N6O2. The second-order valence-electron chi connectivity index (χ2n) is 7.97. The van der Waals surface area contributed by atoms with Gasteiger partial charge in [-0.05, 0) is 50.1 Å². The van der Waals surface area contributed by atoms with Crippen molar-refractivity contribution in [2.24, 2.45) is 0 Å². The maximum absolute atomic E-state index is 13.0. The SMILES string of the molecule is COc1ccc(N2CCN(C(=O)CCc3c(C)nc4nc(C(F)(F)F)nn4c3C)CC2)cc1. The molecule has 1 amide bonds. The van der Waals surface area contributed by atoms with E-state index in [2.05, 4.69) is 20.0 Å². The van der Waals surface area contributed by atoms with E-state index in [-0.39, 0.29) is 18.1 Å². The van der Waals surface area contributed by atoms with Gasteiger partial charge in [-0.2, -0.15) is 18.2 Å². The second kappa shape index (κ2) is 8.87.